The van der Waals surface area contributed by atoms with Gasteiger partial charge in [0.15, 0.2) is 11.5 Å². The number of amides is 1. The number of aliphatic hydroxyl groups is 1. The number of rotatable bonds is 7. The van der Waals surface area contributed by atoms with Crippen LogP contribution in [0.1, 0.15) is 36.6 Å². The highest BCUT2D eigenvalue weighted by Gasteiger charge is 2.48. The molecular formula is C30H29N3O6. The molecule has 1 fully saturated rings. The highest BCUT2D eigenvalue weighted by atomic mass is 16.5. The number of fused-ring (bicyclic) bond motifs is 1. The summed E-state index contributed by atoms with van der Waals surface area (Å²) in [5, 5.41) is 11.4. The number of hydrogen-bond donors (Lipinski definition) is 2. The van der Waals surface area contributed by atoms with Crippen LogP contribution in [0.15, 0.2) is 66.2 Å². The number of aromatic amines is 1. The number of aryl methyl sites for hydroxylation is 1. The molecule has 1 atom stereocenters. The second-order valence-electron chi connectivity index (χ2n) is 9.56. The third kappa shape index (κ3) is 4.67. The molecule has 2 heterocycles. The fourth-order valence-corrected chi connectivity index (χ4v) is 4.76. The Kier molecular flexibility index (Phi) is 6.74. The van der Waals surface area contributed by atoms with Gasteiger partial charge in [0.05, 0.1) is 43.0 Å². The van der Waals surface area contributed by atoms with Gasteiger partial charge in [-0.2, -0.15) is 0 Å². The summed E-state index contributed by atoms with van der Waals surface area (Å²) in [5.41, 5.74) is 3.07. The molecule has 0 saturated carbocycles. The molecule has 3 aromatic carbocycles. The molecule has 4 aromatic rings. The van der Waals surface area contributed by atoms with Gasteiger partial charge in [0.2, 0.25) is 5.95 Å². The summed E-state index contributed by atoms with van der Waals surface area (Å²) >= 11 is 0. The fourth-order valence-electron chi connectivity index (χ4n) is 4.76. The Balaban J connectivity index is 1.67. The Morgan fingerprint density at radius 1 is 1.00 bits per heavy atom. The molecule has 1 amide bonds. The first-order chi connectivity index (χ1) is 18.7. The van der Waals surface area contributed by atoms with E-state index in [-0.39, 0.29) is 23.4 Å². The number of aromatic nitrogens is 2. The van der Waals surface area contributed by atoms with Crippen LogP contribution in [0, 0.1) is 6.92 Å². The average molecular weight is 528 g/mol. The fraction of sp³-hybridized carbons (Fsp3) is 0.233. The maximum absolute atomic E-state index is 13.5. The van der Waals surface area contributed by atoms with Crippen LogP contribution in [-0.2, 0) is 9.59 Å². The van der Waals surface area contributed by atoms with E-state index in [1.54, 1.807) is 36.4 Å². The van der Waals surface area contributed by atoms with Crippen molar-refractivity contribution in [2.24, 2.45) is 0 Å². The highest BCUT2D eigenvalue weighted by Crippen LogP contribution is 2.42. The molecule has 0 radical (unpaired) electrons. The SMILES string of the molecule is COc1cc2nc(N3C(=O)C(=O)/C(=C(/O)c4ccc(OC(C)C)cc4)C3c3cccc(C)c3)[nH]c2cc1OC. The van der Waals surface area contributed by atoms with Crippen molar-refractivity contribution in [1.82, 2.24) is 9.97 Å². The van der Waals surface area contributed by atoms with Crippen molar-refractivity contribution in [3.05, 3.63) is 82.9 Å². The molecule has 9 nitrogen and oxygen atoms in total. The Morgan fingerprint density at radius 2 is 1.69 bits per heavy atom. The topological polar surface area (TPSA) is 114 Å². The molecule has 0 spiro atoms. The lowest BCUT2D eigenvalue weighted by Gasteiger charge is -2.23. The maximum Gasteiger partial charge on any atom is 0.302 e. The van der Waals surface area contributed by atoms with Crippen molar-refractivity contribution in [2.45, 2.75) is 32.9 Å². The molecule has 39 heavy (non-hydrogen) atoms. The van der Waals surface area contributed by atoms with Crippen molar-refractivity contribution in [3.8, 4) is 17.2 Å². The molecular weight excluding hydrogens is 498 g/mol. The van der Waals surface area contributed by atoms with Crippen LogP contribution in [0.25, 0.3) is 16.8 Å². The predicted molar refractivity (Wildman–Crippen MR) is 147 cm³/mol. The van der Waals surface area contributed by atoms with E-state index in [0.717, 1.165) is 5.56 Å². The van der Waals surface area contributed by atoms with Crippen molar-refractivity contribution < 1.29 is 28.9 Å². The Bertz CT molecular complexity index is 1560. The molecule has 9 heteroatoms. The van der Waals surface area contributed by atoms with Gasteiger partial charge in [-0.05, 0) is 50.6 Å². The summed E-state index contributed by atoms with van der Waals surface area (Å²) in [7, 11) is 3.05. The normalized spacial score (nSPS) is 16.8. The van der Waals surface area contributed by atoms with E-state index in [1.165, 1.54) is 19.1 Å². The van der Waals surface area contributed by atoms with Crippen LogP contribution >= 0.6 is 0 Å². The van der Waals surface area contributed by atoms with E-state index in [0.29, 0.717) is 39.4 Å². The quantitative estimate of drug-likeness (QED) is 0.190. The Hall–Kier alpha value is -4.79. The van der Waals surface area contributed by atoms with Gasteiger partial charge < -0.3 is 24.3 Å². The van der Waals surface area contributed by atoms with Gasteiger partial charge in [0.1, 0.15) is 11.5 Å². The smallest absolute Gasteiger partial charge is 0.302 e. The number of H-pyrrole nitrogens is 1. The molecule has 2 N–H and O–H groups in total. The number of carbonyl (C=O) groups is 2. The van der Waals surface area contributed by atoms with E-state index < -0.39 is 17.7 Å². The van der Waals surface area contributed by atoms with E-state index in [1.807, 2.05) is 45.0 Å². The van der Waals surface area contributed by atoms with Gasteiger partial charge in [-0.25, -0.2) is 4.98 Å². The average Bonchev–Trinajstić information content (AvgIpc) is 3.44. The lowest BCUT2D eigenvalue weighted by molar-refractivity contribution is -0.132. The first-order valence-corrected chi connectivity index (χ1v) is 12.5. The summed E-state index contributed by atoms with van der Waals surface area (Å²) in [6.45, 7) is 5.76. The van der Waals surface area contributed by atoms with Gasteiger partial charge in [-0.15, -0.1) is 0 Å². The molecule has 0 bridgehead atoms. The number of Topliss-reactive ketones (excluding diaryl/α,β-unsaturated/α-hetero) is 1. The number of anilines is 1. The number of benzene rings is 3. The van der Waals surface area contributed by atoms with E-state index in [2.05, 4.69) is 9.97 Å². The standard InChI is InChI=1S/C30H29N3O6/c1-16(2)39-20-11-9-18(10-12-20)27(34)25-26(19-8-6-7-17(3)13-19)33(29(36)28(25)35)30-31-21-14-23(37-4)24(38-5)15-22(21)32-30/h6-16,26,34H,1-5H3,(H,31,32)/b27-25+. The van der Waals surface area contributed by atoms with E-state index in [9.17, 15) is 14.7 Å². The van der Waals surface area contributed by atoms with Gasteiger partial charge in [-0.3, -0.25) is 14.5 Å². The number of nitrogens with zero attached hydrogens (tertiary/aromatic N) is 2. The largest absolute Gasteiger partial charge is 0.507 e. The predicted octanol–water partition coefficient (Wildman–Crippen LogP) is 5.30. The molecule has 200 valence electrons. The van der Waals surface area contributed by atoms with Crippen LogP contribution in [0.5, 0.6) is 17.2 Å². The molecule has 1 saturated heterocycles. The zero-order valence-electron chi connectivity index (χ0n) is 22.3. The number of nitrogens with one attached hydrogen (secondary N) is 1. The van der Waals surface area contributed by atoms with Crippen molar-refractivity contribution >= 4 is 34.4 Å². The Morgan fingerprint density at radius 3 is 2.33 bits per heavy atom. The van der Waals surface area contributed by atoms with Crippen LogP contribution in [-0.4, -0.2) is 47.1 Å². The number of imidazole rings is 1. The molecule has 1 aromatic heterocycles. The van der Waals surface area contributed by atoms with Gasteiger partial charge in [-0.1, -0.05) is 29.8 Å². The highest BCUT2D eigenvalue weighted by molar-refractivity contribution is 6.51. The van der Waals surface area contributed by atoms with Gasteiger partial charge in [0.25, 0.3) is 5.78 Å². The lowest BCUT2D eigenvalue weighted by Crippen LogP contribution is -2.30. The van der Waals surface area contributed by atoms with E-state index in [4.69, 9.17) is 14.2 Å². The van der Waals surface area contributed by atoms with Crippen LogP contribution in [0.3, 0.4) is 0 Å². The third-order valence-electron chi connectivity index (χ3n) is 6.50. The minimum absolute atomic E-state index is 0.0140. The number of ether oxygens (including phenoxy) is 3. The van der Waals surface area contributed by atoms with Crippen LogP contribution in [0.2, 0.25) is 0 Å². The van der Waals surface area contributed by atoms with E-state index >= 15 is 0 Å². The maximum atomic E-state index is 13.5. The lowest BCUT2D eigenvalue weighted by atomic mass is 9.94. The first kappa shape index (κ1) is 25.8. The van der Waals surface area contributed by atoms with Crippen molar-refractivity contribution in [3.63, 3.8) is 0 Å². The van der Waals surface area contributed by atoms with Crippen LogP contribution in [0.4, 0.5) is 5.95 Å². The summed E-state index contributed by atoms with van der Waals surface area (Å²) in [6.07, 6.45) is -0.0140. The minimum Gasteiger partial charge on any atom is -0.507 e. The number of carbonyl (C=O) groups excluding carboxylic acids is 2. The molecule has 1 aliphatic heterocycles. The van der Waals surface area contributed by atoms with Gasteiger partial charge in [0, 0.05) is 17.7 Å². The number of methoxy groups -OCH3 is 2. The summed E-state index contributed by atoms with van der Waals surface area (Å²) < 4.78 is 16.5. The molecule has 1 aliphatic rings. The molecule has 5 rings (SSSR count). The number of hydrogen-bond acceptors (Lipinski definition) is 7. The zero-order valence-corrected chi connectivity index (χ0v) is 22.3. The summed E-state index contributed by atoms with van der Waals surface area (Å²) in [5.74, 6) is -0.137. The number of aliphatic hydroxyl groups excluding tert-OH is 1. The van der Waals surface area contributed by atoms with Gasteiger partial charge >= 0.3 is 5.91 Å². The third-order valence-corrected chi connectivity index (χ3v) is 6.50. The molecule has 0 aliphatic carbocycles. The summed E-state index contributed by atoms with van der Waals surface area (Å²) in [4.78, 5) is 36.0. The first-order valence-electron chi connectivity index (χ1n) is 12.5. The van der Waals surface area contributed by atoms with Crippen LogP contribution < -0.4 is 19.1 Å². The zero-order chi connectivity index (χ0) is 27.8. The van der Waals surface area contributed by atoms with Crippen molar-refractivity contribution in [2.75, 3.05) is 19.1 Å². The second-order valence-corrected chi connectivity index (χ2v) is 9.56. The van der Waals surface area contributed by atoms with Crippen molar-refractivity contribution in [1.29, 1.82) is 0 Å². The molecule has 1 unspecified atom stereocenters. The summed E-state index contributed by atoms with van der Waals surface area (Å²) in [6, 6.07) is 16.7. The monoisotopic (exact) mass is 527 g/mol. The number of ketones is 1. The minimum atomic E-state index is -0.916. The second kappa shape index (κ2) is 10.2. The Labute approximate surface area is 225 Å².